The lowest BCUT2D eigenvalue weighted by molar-refractivity contribution is -0.0147. The molecule has 20 heavy (non-hydrogen) atoms. The van der Waals surface area contributed by atoms with Crippen molar-refractivity contribution in [1.29, 1.82) is 0 Å². The predicted octanol–water partition coefficient (Wildman–Crippen LogP) is 1.93. The fraction of sp³-hybridized carbons (Fsp3) is 0.625. The summed E-state index contributed by atoms with van der Waals surface area (Å²) >= 11 is 0. The average molecular weight is 281 g/mol. The second kappa shape index (κ2) is 9.08. The Hall–Kier alpha value is -0.940. The third-order valence-corrected chi connectivity index (χ3v) is 3.56. The van der Waals surface area contributed by atoms with Crippen molar-refractivity contribution in [3.63, 3.8) is 0 Å². The summed E-state index contributed by atoms with van der Waals surface area (Å²) in [5.41, 5.74) is 0.623. The van der Waals surface area contributed by atoms with Gasteiger partial charge in [0, 0.05) is 13.2 Å². The van der Waals surface area contributed by atoms with Gasteiger partial charge in [-0.05, 0) is 32.9 Å². The van der Waals surface area contributed by atoms with Gasteiger partial charge >= 0.3 is 0 Å². The molecule has 0 aliphatic rings. The summed E-state index contributed by atoms with van der Waals surface area (Å²) in [5, 5.41) is 13.0. The predicted molar refractivity (Wildman–Crippen MR) is 80.8 cm³/mol. The van der Waals surface area contributed by atoms with Crippen molar-refractivity contribution < 1.29 is 14.6 Å². The number of rotatable bonds is 10. The van der Waals surface area contributed by atoms with E-state index in [4.69, 9.17) is 9.47 Å². The van der Waals surface area contributed by atoms with Crippen LogP contribution in [0.3, 0.4) is 0 Å². The van der Waals surface area contributed by atoms with E-state index in [0.717, 1.165) is 5.56 Å². The summed E-state index contributed by atoms with van der Waals surface area (Å²) in [5.74, 6) is 0. The van der Waals surface area contributed by atoms with E-state index in [1.165, 1.54) is 0 Å². The molecule has 1 rings (SSSR count). The van der Waals surface area contributed by atoms with E-state index < -0.39 is 5.54 Å². The fourth-order valence-corrected chi connectivity index (χ4v) is 2.19. The van der Waals surface area contributed by atoms with E-state index in [1.807, 2.05) is 51.2 Å². The van der Waals surface area contributed by atoms with E-state index in [0.29, 0.717) is 26.2 Å². The minimum Gasteiger partial charge on any atom is -0.394 e. The Labute approximate surface area is 122 Å². The minimum absolute atomic E-state index is 0.0384. The molecule has 114 valence electrons. The van der Waals surface area contributed by atoms with E-state index >= 15 is 0 Å². The topological polar surface area (TPSA) is 50.7 Å². The molecule has 0 fully saturated rings. The normalized spacial score (nSPS) is 15.8. The maximum absolute atomic E-state index is 9.79. The molecule has 4 heteroatoms. The summed E-state index contributed by atoms with van der Waals surface area (Å²) in [6.45, 7) is 5.89. The highest BCUT2D eigenvalue weighted by atomic mass is 16.5. The van der Waals surface area contributed by atoms with Crippen molar-refractivity contribution in [3.8, 4) is 0 Å². The number of nitrogens with one attached hydrogen (secondary N) is 1. The number of ether oxygens (including phenoxy) is 2. The molecule has 0 spiro atoms. The Kier molecular flexibility index (Phi) is 7.77. The van der Waals surface area contributed by atoms with Crippen LogP contribution in [-0.2, 0) is 15.0 Å². The summed E-state index contributed by atoms with van der Waals surface area (Å²) in [6.07, 6.45) is 0.777. The monoisotopic (exact) mass is 281 g/mol. The molecular weight excluding hydrogens is 254 g/mol. The highest BCUT2D eigenvalue weighted by molar-refractivity contribution is 5.24. The molecule has 0 heterocycles. The zero-order valence-corrected chi connectivity index (χ0v) is 12.8. The van der Waals surface area contributed by atoms with Crippen LogP contribution in [0.15, 0.2) is 30.3 Å². The molecule has 0 aromatic heterocycles. The molecule has 0 aliphatic carbocycles. The molecule has 0 aliphatic heterocycles. The van der Waals surface area contributed by atoms with Crippen LogP contribution >= 0.6 is 0 Å². The maximum Gasteiger partial charge on any atom is 0.0780 e. The van der Waals surface area contributed by atoms with Gasteiger partial charge in [0.1, 0.15) is 0 Å². The molecule has 0 bridgehead atoms. The van der Waals surface area contributed by atoms with E-state index in [1.54, 1.807) is 0 Å². The molecular formula is C16H27NO3. The van der Waals surface area contributed by atoms with Gasteiger partial charge in [0.25, 0.3) is 0 Å². The van der Waals surface area contributed by atoms with Crippen molar-refractivity contribution in [3.05, 3.63) is 35.9 Å². The third kappa shape index (κ3) is 4.87. The zero-order valence-electron chi connectivity index (χ0n) is 12.8. The second-order valence-corrected chi connectivity index (χ2v) is 4.95. The van der Waals surface area contributed by atoms with Crippen LogP contribution in [-0.4, -0.2) is 44.7 Å². The largest absolute Gasteiger partial charge is 0.394 e. The lowest BCUT2D eigenvalue weighted by atomic mass is 9.88. The molecule has 2 unspecified atom stereocenters. The van der Waals surface area contributed by atoms with Gasteiger partial charge in [-0.3, -0.25) is 0 Å². The van der Waals surface area contributed by atoms with E-state index in [2.05, 4.69) is 5.32 Å². The first-order valence-electron chi connectivity index (χ1n) is 7.23. The standard InChI is InChI=1S/C16H27NO3/c1-4-19-12-14(2)20-11-10-16(13-18,17-3)15-8-6-5-7-9-15/h5-9,14,17-18H,4,10-13H2,1-3H3. The molecule has 2 atom stereocenters. The maximum atomic E-state index is 9.79. The van der Waals surface area contributed by atoms with Crippen molar-refractivity contribution in [2.75, 3.05) is 33.5 Å². The minimum atomic E-state index is -0.452. The first-order valence-corrected chi connectivity index (χ1v) is 7.23. The summed E-state index contributed by atoms with van der Waals surface area (Å²) in [7, 11) is 1.87. The number of hydrogen-bond donors (Lipinski definition) is 2. The number of likely N-dealkylation sites (N-methyl/N-ethyl adjacent to an activating group) is 1. The number of benzene rings is 1. The third-order valence-electron chi connectivity index (χ3n) is 3.56. The molecule has 1 aromatic rings. The van der Waals surface area contributed by atoms with Crippen LogP contribution in [0.2, 0.25) is 0 Å². The average Bonchev–Trinajstić information content (AvgIpc) is 2.51. The highest BCUT2D eigenvalue weighted by Gasteiger charge is 2.29. The molecule has 0 radical (unpaired) electrons. The highest BCUT2D eigenvalue weighted by Crippen LogP contribution is 2.24. The Balaban J connectivity index is 2.55. The quantitative estimate of drug-likeness (QED) is 0.688. The Morgan fingerprint density at radius 2 is 2.00 bits per heavy atom. The van der Waals surface area contributed by atoms with E-state index in [-0.39, 0.29) is 12.7 Å². The molecule has 0 amide bonds. The summed E-state index contributed by atoms with van der Waals surface area (Å²) in [4.78, 5) is 0. The van der Waals surface area contributed by atoms with Gasteiger partial charge in [-0.2, -0.15) is 0 Å². The van der Waals surface area contributed by atoms with Gasteiger partial charge in [-0.25, -0.2) is 0 Å². The summed E-state index contributed by atoms with van der Waals surface area (Å²) in [6, 6.07) is 9.99. The second-order valence-electron chi connectivity index (χ2n) is 4.95. The van der Waals surface area contributed by atoms with Gasteiger partial charge in [0.05, 0.1) is 24.9 Å². The SMILES string of the molecule is CCOCC(C)OCCC(CO)(NC)c1ccccc1. The molecule has 0 saturated carbocycles. The fourth-order valence-electron chi connectivity index (χ4n) is 2.19. The molecule has 2 N–H and O–H groups in total. The Morgan fingerprint density at radius 1 is 1.30 bits per heavy atom. The van der Waals surface area contributed by atoms with Crippen LogP contribution in [0.25, 0.3) is 0 Å². The molecule has 1 aromatic carbocycles. The van der Waals surface area contributed by atoms with Gasteiger partial charge in [-0.1, -0.05) is 30.3 Å². The molecule has 0 saturated heterocycles. The number of hydrogen-bond acceptors (Lipinski definition) is 4. The van der Waals surface area contributed by atoms with Gasteiger partial charge < -0.3 is 19.9 Å². The van der Waals surface area contributed by atoms with Crippen molar-refractivity contribution in [2.24, 2.45) is 0 Å². The summed E-state index contributed by atoms with van der Waals surface area (Å²) < 4.78 is 11.1. The van der Waals surface area contributed by atoms with Crippen LogP contribution < -0.4 is 5.32 Å². The first-order chi connectivity index (χ1) is 9.68. The van der Waals surface area contributed by atoms with Crippen LogP contribution in [0, 0.1) is 0 Å². The van der Waals surface area contributed by atoms with Crippen molar-refractivity contribution in [1.82, 2.24) is 5.32 Å². The van der Waals surface area contributed by atoms with Gasteiger partial charge in [0.2, 0.25) is 0 Å². The smallest absolute Gasteiger partial charge is 0.0780 e. The van der Waals surface area contributed by atoms with Gasteiger partial charge in [-0.15, -0.1) is 0 Å². The number of aliphatic hydroxyl groups is 1. The van der Waals surface area contributed by atoms with Gasteiger partial charge in [0.15, 0.2) is 0 Å². The van der Waals surface area contributed by atoms with Crippen LogP contribution in [0.4, 0.5) is 0 Å². The van der Waals surface area contributed by atoms with Crippen LogP contribution in [0.1, 0.15) is 25.8 Å². The Morgan fingerprint density at radius 3 is 2.55 bits per heavy atom. The molecule has 4 nitrogen and oxygen atoms in total. The Bertz CT molecular complexity index is 352. The first kappa shape index (κ1) is 17.1. The zero-order chi connectivity index (χ0) is 14.8. The van der Waals surface area contributed by atoms with Crippen molar-refractivity contribution >= 4 is 0 Å². The van der Waals surface area contributed by atoms with Crippen molar-refractivity contribution in [2.45, 2.75) is 31.9 Å². The lowest BCUT2D eigenvalue weighted by Gasteiger charge is -2.32. The number of aliphatic hydroxyl groups excluding tert-OH is 1. The van der Waals surface area contributed by atoms with Crippen LogP contribution in [0.5, 0.6) is 0 Å². The van der Waals surface area contributed by atoms with E-state index in [9.17, 15) is 5.11 Å². The lowest BCUT2D eigenvalue weighted by Crippen LogP contribution is -2.44.